The van der Waals surface area contributed by atoms with Crippen molar-refractivity contribution in [1.82, 2.24) is 0 Å². The molecule has 0 spiro atoms. The van der Waals surface area contributed by atoms with Gasteiger partial charge in [-0.3, -0.25) is 0 Å². The van der Waals surface area contributed by atoms with Crippen LogP contribution in [0.2, 0.25) is 0 Å². The minimum Gasteiger partial charge on any atom is -0.382 e. The zero-order valence-electron chi connectivity index (χ0n) is 29.3. The predicted octanol–water partition coefficient (Wildman–Crippen LogP) is 7.03. The largest absolute Gasteiger partial charge is 0.382 e. The van der Waals surface area contributed by atoms with Gasteiger partial charge in [-0.1, -0.05) is 161 Å². The average molecular weight is 630 g/mol. The number of unbranched alkanes of at least 4 members (excludes halogenated alkanes) is 5. The molecule has 0 atom stereocenters. The van der Waals surface area contributed by atoms with E-state index in [0.29, 0.717) is 0 Å². The summed E-state index contributed by atoms with van der Waals surface area (Å²) in [6.45, 7) is 11.2. The Kier molecular flexibility index (Phi) is 9.64. The van der Waals surface area contributed by atoms with Gasteiger partial charge < -0.3 is 9.64 Å². The van der Waals surface area contributed by atoms with Crippen LogP contribution in [0.15, 0.2) is 115 Å². The maximum absolute atomic E-state index is 5.49. The first-order chi connectivity index (χ1) is 23.5. The Morgan fingerprint density at radius 3 is 1.67 bits per heavy atom. The second kappa shape index (κ2) is 14.2. The molecule has 0 saturated carbocycles. The second-order valence-electron chi connectivity index (χ2n) is 14.8. The number of nitrogens with zero attached hydrogens (tertiary/aromatic N) is 1. The third kappa shape index (κ3) is 6.40. The highest BCUT2D eigenvalue weighted by Gasteiger charge is 2.43. The van der Waals surface area contributed by atoms with Crippen molar-refractivity contribution >= 4 is 63.3 Å². The fraction of sp³-hybridized carbons (Fsp3) is 0.318. The van der Waals surface area contributed by atoms with E-state index in [1.807, 2.05) is 0 Å². The lowest BCUT2D eigenvalue weighted by Gasteiger charge is -2.44. The summed E-state index contributed by atoms with van der Waals surface area (Å²) in [7, 11) is 0. The molecule has 2 heterocycles. The molecule has 0 aromatic heterocycles. The summed E-state index contributed by atoms with van der Waals surface area (Å²) in [5, 5.41) is 0. The molecule has 4 heteroatoms. The van der Waals surface area contributed by atoms with Crippen molar-refractivity contribution in [2.24, 2.45) is 0 Å². The lowest BCUT2D eigenvalue weighted by atomic mass is 9.30. The van der Waals surface area contributed by atoms with Gasteiger partial charge in [-0.15, -0.1) is 0 Å². The van der Waals surface area contributed by atoms with Crippen molar-refractivity contribution < 1.29 is 4.74 Å². The van der Waals surface area contributed by atoms with Crippen LogP contribution in [0.4, 0.5) is 17.1 Å². The summed E-state index contributed by atoms with van der Waals surface area (Å²) in [6, 6.07) is 44.0. The van der Waals surface area contributed by atoms with E-state index in [9.17, 15) is 0 Å². The monoisotopic (exact) mass is 629 g/mol. The smallest absolute Gasteiger partial charge is 0.246 e. The molecule has 0 amide bonds. The van der Waals surface area contributed by atoms with E-state index in [1.165, 1.54) is 99.5 Å². The molecule has 0 N–H and O–H groups in total. The Morgan fingerprint density at radius 1 is 0.562 bits per heavy atom. The van der Waals surface area contributed by atoms with Gasteiger partial charge in [-0.2, -0.15) is 0 Å². The first-order valence-electron chi connectivity index (χ1n) is 18.3. The van der Waals surface area contributed by atoms with Gasteiger partial charge in [0, 0.05) is 30.3 Å². The maximum atomic E-state index is 5.49. The van der Waals surface area contributed by atoms with Gasteiger partial charge in [0.2, 0.25) is 13.4 Å². The van der Waals surface area contributed by atoms with Gasteiger partial charge in [0.05, 0.1) is 0 Å². The Hall–Kier alpha value is -4.01. The minimum absolute atomic E-state index is 0.0171. The molecule has 2 aliphatic rings. The van der Waals surface area contributed by atoms with Crippen molar-refractivity contribution in [3.63, 3.8) is 0 Å². The second-order valence-corrected chi connectivity index (χ2v) is 14.8. The molecule has 48 heavy (non-hydrogen) atoms. The van der Waals surface area contributed by atoms with Crippen LogP contribution >= 0.6 is 0 Å². The summed E-state index contributed by atoms with van der Waals surface area (Å²) in [5.74, 6) is 0. The van der Waals surface area contributed by atoms with Crippen LogP contribution in [0, 0.1) is 0 Å². The first-order valence-corrected chi connectivity index (χ1v) is 18.3. The van der Waals surface area contributed by atoms with E-state index in [-0.39, 0.29) is 18.8 Å². The minimum atomic E-state index is 0.0171. The third-order valence-corrected chi connectivity index (χ3v) is 10.5. The number of aryl methyl sites for hydroxylation is 1. The molecular formula is C44H49B2NO. The van der Waals surface area contributed by atoms with Crippen LogP contribution in [0.1, 0.15) is 77.3 Å². The molecule has 0 fully saturated rings. The molecule has 0 saturated heterocycles. The fourth-order valence-electron chi connectivity index (χ4n) is 8.01. The Morgan fingerprint density at radius 2 is 1.08 bits per heavy atom. The lowest BCUT2D eigenvalue weighted by Crippen LogP contribution is -2.65. The van der Waals surface area contributed by atoms with E-state index in [0.717, 1.165) is 19.6 Å². The van der Waals surface area contributed by atoms with Gasteiger partial charge in [-0.25, -0.2) is 0 Å². The zero-order valence-corrected chi connectivity index (χ0v) is 29.3. The van der Waals surface area contributed by atoms with Crippen molar-refractivity contribution in [3.05, 3.63) is 126 Å². The number of ether oxygens (including phenoxy) is 1. The highest BCUT2D eigenvalue weighted by atomic mass is 16.5. The summed E-state index contributed by atoms with van der Waals surface area (Å²) < 4.78 is 5.49. The van der Waals surface area contributed by atoms with Crippen molar-refractivity contribution in [1.29, 1.82) is 0 Å². The standard InChI is InChI=1S/C44H49B2NO/c1-5-48-30-18-9-7-6-8-11-19-33-26-28-36(29-27-33)46-38-23-15-17-25-42(38)47-41-24-16-14-22-37(41)45(35-20-12-10-13-21-35)39-31-34(44(2,3)4)32-40(46)43(39)47/h10,12-17,20-29,31-32H,5-9,11,18-19,30H2,1-4H3. The third-order valence-electron chi connectivity index (χ3n) is 10.5. The van der Waals surface area contributed by atoms with Crippen molar-refractivity contribution in [2.75, 3.05) is 18.1 Å². The summed E-state index contributed by atoms with van der Waals surface area (Å²) in [5.41, 5.74) is 15.1. The van der Waals surface area contributed by atoms with Crippen LogP contribution in [-0.4, -0.2) is 26.6 Å². The van der Waals surface area contributed by atoms with E-state index in [4.69, 9.17) is 4.74 Å². The lowest BCUT2D eigenvalue weighted by molar-refractivity contribution is 0.143. The van der Waals surface area contributed by atoms with Gasteiger partial charge in [-0.05, 0) is 76.7 Å². The molecule has 2 nitrogen and oxygen atoms in total. The van der Waals surface area contributed by atoms with Crippen LogP contribution in [-0.2, 0) is 16.6 Å². The van der Waals surface area contributed by atoms with Crippen LogP contribution in [0.25, 0.3) is 0 Å². The summed E-state index contributed by atoms with van der Waals surface area (Å²) >= 11 is 0. The van der Waals surface area contributed by atoms with Crippen LogP contribution < -0.4 is 37.7 Å². The summed E-state index contributed by atoms with van der Waals surface area (Å²) in [4.78, 5) is 2.57. The van der Waals surface area contributed by atoms with Gasteiger partial charge in [0.1, 0.15) is 0 Å². The molecule has 0 aliphatic carbocycles. The number of para-hydroxylation sites is 2. The van der Waals surface area contributed by atoms with Crippen LogP contribution in [0.5, 0.6) is 0 Å². The number of benzene rings is 5. The average Bonchev–Trinajstić information content (AvgIpc) is 3.11. The van der Waals surface area contributed by atoms with Crippen LogP contribution in [0.3, 0.4) is 0 Å². The Labute approximate surface area is 289 Å². The predicted molar refractivity (Wildman–Crippen MR) is 210 cm³/mol. The zero-order chi connectivity index (χ0) is 33.1. The molecule has 2 aliphatic heterocycles. The highest BCUT2D eigenvalue weighted by molar-refractivity contribution is 7.02. The van der Waals surface area contributed by atoms with Gasteiger partial charge in [0.15, 0.2) is 0 Å². The topological polar surface area (TPSA) is 12.5 Å². The van der Waals surface area contributed by atoms with Gasteiger partial charge in [0.25, 0.3) is 0 Å². The molecule has 0 bridgehead atoms. The highest BCUT2D eigenvalue weighted by Crippen LogP contribution is 2.38. The first kappa shape index (κ1) is 32.5. The number of fused-ring (bicyclic) bond motifs is 4. The molecule has 5 aromatic carbocycles. The molecule has 0 unspecified atom stereocenters. The normalized spacial score (nSPS) is 13.3. The molecular weight excluding hydrogens is 580 g/mol. The van der Waals surface area contributed by atoms with E-state index < -0.39 is 0 Å². The summed E-state index contributed by atoms with van der Waals surface area (Å²) in [6.07, 6.45) is 8.83. The van der Waals surface area contributed by atoms with Gasteiger partial charge >= 0.3 is 0 Å². The van der Waals surface area contributed by atoms with Crippen molar-refractivity contribution in [2.45, 2.75) is 78.1 Å². The molecule has 0 radical (unpaired) electrons. The Bertz CT molecular complexity index is 1840. The SMILES string of the molecule is CCOCCCCCCCCc1ccc(B2c3ccccc3N3c4ccccc4B(c4ccccc4)c4cc(C(C)(C)C)cc2c43)cc1. The van der Waals surface area contributed by atoms with E-state index in [2.05, 4.69) is 148 Å². The fourth-order valence-corrected chi connectivity index (χ4v) is 8.01. The maximum Gasteiger partial charge on any atom is 0.246 e. The van der Waals surface area contributed by atoms with E-state index >= 15 is 0 Å². The molecule has 242 valence electrons. The van der Waals surface area contributed by atoms with E-state index in [1.54, 1.807) is 0 Å². The van der Waals surface area contributed by atoms with Crippen molar-refractivity contribution in [3.8, 4) is 0 Å². The number of rotatable bonds is 12. The quantitative estimate of drug-likeness (QED) is 0.106. The number of anilines is 3. The number of hydrogen-bond donors (Lipinski definition) is 0. The number of hydrogen-bond acceptors (Lipinski definition) is 2. The Balaban J connectivity index is 1.26. The molecule has 7 rings (SSSR count). The molecule has 5 aromatic rings.